The normalized spacial score (nSPS) is 24.2. The minimum absolute atomic E-state index is 0.0231. The smallest absolute Gasteiger partial charge is 0.319 e. The Labute approximate surface area is 155 Å². The largest absolute Gasteiger partial charge is 0.342 e. The van der Waals surface area contributed by atoms with Crippen LogP contribution in [0.5, 0.6) is 0 Å². The second-order valence-corrected chi connectivity index (χ2v) is 7.76. The first-order valence-corrected chi connectivity index (χ1v) is 9.28. The Bertz CT molecular complexity index is 651. The van der Waals surface area contributed by atoms with Gasteiger partial charge in [-0.25, -0.2) is 4.79 Å². The molecule has 3 amide bonds. The van der Waals surface area contributed by atoms with Crippen molar-refractivity contribution in [3.8, 4) is 0 Å². The number of likely N-dealkylation sites (tertiary alicyclic amines) is 1. The van der Waals surface area contributed by atoms with E-state index in [1.165, 1.54) is 0 Å². The molecule has 1 aromatic heterocycles. The van der Waals surface area contributed by atoms with Crippen LogP contribution in [0.1, 0.15) is 18.9 Å². The maximum Gasteiger partial charge on any atom is 0.319 e. The molecular formula is C19H29N5O2. The van der Waals surface area contributed by atoms with Crippen molar-refractivity contribution in [1.82, 2.24) is 24.6 Å². The van der Waals surface area contributed by atoms with Gasteiger partial charge in [0.05, 0.1) is 0 Å². The van der Waals surface area contributed by atoms with E-state index in [2.05, 4.69) is 16.0 Å². The van der Waals surface area contributed by atoms with E-state index in [9.17, 15) is 9.59 Å². The summed E-state index contributed by atoms with van der Waals surface area (Å²) in [7, 11) is 3.57. The van der Waals surface area contributed by atoms with Crippen molar-refractivity contribution in [3.63, 3.8) is 0 Å². The van der Waals surface area contributed by atoms with Crippen LogP contribution in [0.3, 0.4) is 0 Å². The van der Waals surface area contributed by atoms with Gasteiger partial charge in [-0.2, -0.15) is 0 Å². The van der Waals surface area contributed by atoms with Crippen LogP contribution in [0.15, 0.2) is 24.5 Å². The second-order valence-electron chi connectivity index (χ2n) is 7.76. The number of urea groups is 1. The summed E-state index contributed by atoms with van der Waals surface area (Å²) in [5.41, 5.74) is 0.962. The third-order valence-corrected chi connectivity index (χ3v) is 5.34. The highest BCUT2D eigenvalue weighted by atomic mass is 16.2. The average molecular weight is 359 g/mol. The molecule has 0 radical (unpaired) electrons. The van der Waals surface area contributed by atoms with Crippen molar-refractivity contribution in [3.05, 3.63) is 30.1 Å². The van der Waals surface area contributed by atoms with Crippen molar-refractivity contribution in [2.75, 3.05) is 53.4 Å². The van der Waals surface area contributed by atoms with Crippen molar-refractivity contribution < 1.29 is 9.59 Å². The minimum Gasteiger partial charge on any atom is -0.342 e. The molecule has 1 aromatic rings. The summed E-state index contributed by atoms with van der Waals surface area (Å²) in [4.78, 5) is 37.1. The topological polar surface area (TPSA) is 60.0 Å². The first-order valence-electron chi connectivity index (χ1n) is 9.28. The molecule has 7 heteroatoms. The SMILES string of the molecule is CCN1CC2(CC1=O)CN(Cc1cccnc1)CCN(C(=O)N(C)C)C2. The maximum atomic E-state index is 12.6. The molecule has 26 heavy (non-hydrogen) atoms. The predicted octanol–water partition coefficient (Wildman–Crippen LogP) is 1.12. The molecule has 2 aliphatic heterocycles. The van der Waals surface area contributed by atoms with E-state index in [-0.39, 0.29) is 17.4 Å². The van der Waals surface area contributed by atoms with Crippen molar-refractivity contribution >= 4 is 11.9 Å². The molecule has 3 rings (SSSR count). The van der Waals surface area contributed by atoms with E-state index in [0.717, 1.165) is 38.3 Å². The minimum atomic E-state index is -0.197. The molecule has 0 bridgehead atoms. The molecule has 0 aliphatic carbocycles. The lowest BCUT2D eigenvalue weighted by Gasteiger charge is -2.34. The highest BCUT2D eigenvalue weighted by molar-refractivity contribution is 5.80. The molecule has 1 atom stereocenters. The summed E-state index contributed by atoms with van der Waals surface area (Å²) in [5, 5.41) is 0. The van der Waals surface area contributed by atoms with Gasteiger partial charge < -0.3 is 14.7 Å². The fourth-order valence-electron chi connectivity index (χ4n) is 4.16. The average Bonchev–Trinajstić information content (AvgIpc) is 2.82. The number of pyridine rings is 1. The third-order valence-electron chi connectivity index (χ3n) is 5.34. The standard InChI is InChI=1S/C19H29N5O2/c1-4-23-14-19(10-17(23)25)13-22(12-16-6-5-7-20-11-16)8-9-24(15-19)18(26)21(2)3/h5-7,11H,4,8-10,12-15H2,1-3H3. The van der Waals surface area contributed by atoms with Gasteiger partial charge in [0.1, 0.15) is 0 Å². The van der Waals surface area contributed by atoms with Gasteiger partial charge in [0.2, 0.25) is 5.91 Å². The number of hydrogen-bond donors (Lipinski definition) is 0. The summed E-state index contributed by atoms with van der Waals surface area (Å²) >= 11 is 0. The number of carbonyl (C=O) groups excluding carboxylic acids is 2. The van der Waals surface area contributed by atoms with Gasteiger partial charge >= 0.3 is 6.03 Å². The van der Waals surface area contributed by atoms with Gasteiger partial charge in [-0.05, 0) is 18.6 Å². The Hall–Kier alpha value is -2.15. The fourth-order valence-corrected chi connectivity index (χ4v) is 4.16. The summed E-state index contributed by atoms with van der Waals surface area (Å²) < 4.78 is 0. The Morgan fingerprint density at radius 3 is 2.69 bits per heavy atom. The molecule has 2 saturated heterocycles. The van der Waals surface area contributed by atoms with E-state index in [4.69, 9.17) is 0 Å². The zero-order valence-electron chi connectivity index (χ0n) is 16.0. The molecule has 3 heterocycles. The number of hydrogen-bond acceptors (Lipinski definition) is 4. The molecule has 1 unspecified atom stereocenters. The number of carbonyl (C=O) groups is 2. The van der Waals surface area contributed by atoms with Gasteiger partial charge in [0, 0.05) is 84.1 Å². The molecule has 0 N–H and O–H groups in total. The summed E-state index contributed by atoms with van der Waals surface area (Å²) in [5.74, 6) is 0.202. The number of amides is 3. The van der Waals surface area contributed by atoms with Crippen molar-refractivity contribution in [2.24, 2.45) is 5.41 Å². The maximum absolute atomic E-state index is 12.6. The first kappa shape index (κ1) is 18.6. The number of aromatic nitrogens is 1. The molecule has 7 nitrogen and oxygen atoms in total. The van der Waals surface area contributed by atoms with E-state index < -0.39 is 0 Å². The zero-order valence-corrected chi connectivity index (χ0v) is 16.0. The van der Waals surface area contributed by atoms with E-state index >= 15 is 0 Å². The lowest BCUT2D eigenvalue weighted by molar-refractivity contribution is -0.127. The molecular weight excluding hydrogens is 330 g/mol. The van der Waals surface area contributed by atoms with Crippen LogP contribution in [0, 0.1) is 5.41 Å². The molecule has 1 spiro atoms. The lowest BCUT2D eigenvalue weighted by atomic mass is 9.86. The molecule has 2 fully saturated rings. The summed E-state index contributed by atoms with van der Waals surface area (Å²) in [6.45, 7) is 7.20. The van der Waals surface area contributed by atoms with E-state index in [1.54, 1.807) is 25.2 Å². The van der Waals surface area contributed by atoms with Gasteiger partial charge in [-0.15, -0.1) is 0 Å². The van der Waals surface area contributed by atoms with Crippen LogP contribution in [0.2, 0.25) is 0 Å². The van der Waals surface area contributed by atoms with E-state index in [1.807, 2.05) is 29.0 Å². The number of nitrogens with zero attached hydrogens (tertiary/aromatic N) is 5. The monoisotopic (exact) mass is 359 g/mol. The molecule has 0 aromatic carbocycles. The van der Waals surface area contributed by atoms with Crippen LogP contribution >= 0.6 is 0 Å². The van der Waals surface area contributed by atoms with Crippen LogP contribution in [-0.2, 0) is 11.3 Å². The van der Waals surface area contributed by atoms with E-state index in [0.29, 0.717) is 19.5 Å². The Balaban J connectivity index is 1.82. The quantitative estimate of drug-likeness (QED) is 0.811. The van der Waals surface area contributed by atoms with Gasteiger partial charge in [-0.1, -0.05) is 6.07 Å². The van der Waals surface area contributed by atoms with Crippen LogP contribution in [0.25, 0.3) is 0 Å². The van der Waals surface area contributed by atoms with Gasteiger partial charge in [-0.3, -0.25) is 14.7 Å². The Morgan fingerprint density at radius 2 is 2.08 bits per heavy atom. The molecule has 2 aliphatic rings. The van der Waals surface area contributed by atoms with Crippen molar-refractivity contribution in [1.29, 1.82) is 0 Å². The van der Waals surface area contributed by atoms with Crippen LogP contribution in [0.4, 0.5) is 4.79 Å². The number of rotatable bonds is 3. The van der Waals surface area contributed by atoms with Crippen LogP contribution in [-0.4, -0.2) is 89.9 Å². The highest BCUT2D eigenvalue weighted by Gasteiger charge is 2.46. The van der Waals surface area contributed by atoms with Gasteiger partial charge in [0.15, 0.2) is 0 Å². The van der Waals surface area contributed by atoms with Crippen molar-refractivity contribution in [2.45, 2.75) is 19.9 Å². The summed E-state index contributed by atoms with van der Waals surface area (Å²) in [6.07, 6.45) is 4.18. The second kappa shape index (κ2) is 7.61. The predicted molar refractivity (Wildman–Crippen MR) is 99.5 cm³/mol. The molecule has 0 saturated carbocycles. The third kappa shape index (κ3) is 3.98. The van der Waals surface area contributed by atoms with Gasteiger partial charge in [0.25, 0.3) is 0 Å². The Morgan fingerprint density at radius 1 is 1.27 bits per heavy atom. The zero-order chi connectivity index (χ0) is 18.7. The summed E-state index contributed by atoms with van der Waals surface area (Å²) in [6, 6.07) is 4.05. The Kier molecular flexibility index (Phi) is 5.46. The molecule has 142 valence electrons. The first-order chi connectivity index (χ1) is 12.4. The fraction of sp³-hybridized carbons (Fsp3) is 0.632. The van der Waals surface area contributed by atoms with Crippen LogP contribution < -0.4 is 0 Å². The lowest BCUT2D eigenvalue weighted by Crippen LogP contribution is -2.47. The highest BCUT2D eigenvalue weighted by Crippen LogP contribution is 2.35.